The number of hydrogen-bond donors (Lipinski definition) is 0. The fraction of sp³-hybridized carbons (Fsp3) is 0. The third-order valence-electron chi connectivity index (χ3n) is 2.48. The van der Waals surface area contributed by atoms with E-state index in [1.807, 2.05) is 72.8 Å². The molecular weight excluding hydrogens is 351 g/mol. The van der Waals surface area contributed by atoms with Gasteiger partial charge in [-0.2, -0.15) is 0 Å². The van der Waals surface area contributed by atoms with Crippen LogP contribution in [0.5, 0.6) is 0 Å². The third kappa shape index (κ3) is 8.20. The third-order valence-corrected chi connectivity index (χ3v) is 2.48. The second-order valence-corrected chi connectivity index (χ2v) is 3.89. The molecule has 0 amide bonds. The van der Waals surface area contributed by atoms with E-state index in [0.29, 0.717) is 0 Å². The summed E-state index contributed by atoms with van der Waals surface area (Å²) < 4.78 is 0. The van der Waals surface area contributed by atoms with Gasteiger partial charge in [-0.1, -0.05) is 72.8 Å². The monoisotopic (exact) mass is 370 g/mol. The van der Waals surface area contributed by atoms with E-state index in [0.717, 1.165) is 11.1 Å². The molecular formula is C19H20OPd. The Hall–Kier alpha value is -1.75. The molecule has 2 aromatic carbocycles. The molecule has 0 unspecified atom stereocenters. The van der Waals surface area contributed by atoms with Crippen molar-refractivity contribution in [1.82, 2.24) is 0 Å². The largest absolute Gasteiger partial charge is 2.00 e. The van der Waals surface area contributed by atoms with E-state index >= 15 is 0 Å². The van der Waals surface area contributed by atoms with E-state index in [4.69, 9.17) is 0 Å². The molecule has 112 valence electrons. The van der Waals surface area contributed by atoms with Crippen LogP contribution in [0.4, 0.5) is 0 Å². The second-order valence-electron chi connectivity index (χ2n) is 3.89. The number of benzene rings is 2. The van der Waals surface area contributed by atoms with E-state index in [-0.39, 0.29) is 41.1 Å². The van der Waals surface area contributed by atoms with Gasteiger partial charge < -0.3 is 14.9 Å². The first kappa shape index (κ1) is 21.5. The number of ketones is 1. The van der Waals surface area contributed by atoms with Crippen LogP contribution >= 0.6 is 0 Å². The molecule has 2 rings (SSSR count). The summed E-state index contributed by atoms with van der Waals surface area (Å²) in [7, 11) is 0. The summed E-state index contributed by atoms with van der Waals surface area (Å²) in [5, 5.41) is 0. The molecule has 0 radical (unpaired) electrons. The summed E-state index contributed by atoms with van der Waals surface area (Å²) in [6.45, 7) is 0. The zero-order valence-electron chi connectivity index (χ0n) is 12.3. The maximum atomic E-state index is 11.6. The molecule has 0 N–H and O–H groups in total. The topological polar surface area (TPSA) is 17.1 Å². The van der Waals surface area contributed by atoms with Crippen molar-refractivity contribution >= 4 is 17.9 Å². The van der Waals surface area contributed by atoms with Gasteiger partial charge in [0.2, 0.25) is 0 Å². The van der Waals surface area contributed by atoms with E-state index in [2.05, 4.69) is 0 Å². The van der Waals surface area contributed by atoms with Crippen LogP contribution in [0.15, 0.2) is 72.8 Å². The molecule has 0 aliphatic rings. The van der Waals surface area contributed by atoms with Crippen LogP contribution in [0.25, 0.3) is 12.2 Å². The molecule has 0 aromatic heterocycles. The van der Waals surface area contributed by atoms with Crippen molar-refractivity contribution < 1.29 is 25.2 Å². The number of hydrogen-bond acceptors (Lipinski definition) is 1. The number of allylic oxidation sites excluding steroid dienone is 2. The van der Waals surface area contributed by atoms with Gasteiger partial charge >= 0.3 is 20.4 Å². The van der Waals surface area contributed by atoms with Crippen molar-refractivity contribution in [2.24, 2.45) is 0 Å². The summed E-state index contributed by atoms with van der Waals surface area (Å²) in [5.41, 5.74) is 2.05. The Morgan fingerprint density at radius 1 is 0.667 bits per heavy atom. The summed E-state index contributed by atoms with van der Waals surface area (Å²) in [4.78, 5) is 11.6. The minimum Gasteiger partial charge on any atom is -0.358 e. The Balaban J connectivity index is 0. The zero-order chi connectivity index (χ0) is 12.6. The minimum atomic E-state index is -0.0114. The molecule has 0 fully saturated rings. The standard InChI is InChI=1S/C17H14O.2CH3.Pd/c18-17(13-11-15-7-3-1-4-8-15)14-12-16-9-5-2-6-10-16;;;/h1-14H;2*1H3;/q;2*-1;+2/b13-11+,14-12+;;;. The SMILES string of the molecule is O=C(/C=C/c1ccccc1)/C=C/c1ccccc1.[CH3-].[CH3-].[Pd+2]. The van der Waals surface area contributed by atoms with E-state index in [1.165, 1.54) is 0 Å². The van der Waals surface area contributed by atoms with Crippen LogP contribution in [0.3, 0.4) is 0 Å². The van der Waals surface area contributed by atoms with Gasteiger partial charge in [-0.05, 0) is 23.3 Å². The van der Waals surface area contributed by atoms with Crippen LogP contribution in [0.1, 0.15) is 11.1 Å². The first-order valence-corrected chi connectivity index (χ1v) is 5.85. The molecule has 21 heavy (non-hydrogen) atoms. The van der Waals surface area contributed by atoms with E-state index < -0.39 is 0 Å². The van der Waals surface area contributed by atoms with Gasteiger partial charge in [-0.3, -0.25) is 4.79 Å². The predicted octanol–water partition coefficient (Wildman–Crippen LogP) is 4.88. The maximum absolute atomic E-state index is 11.6. The smallest absolute Gasteiger partial charge is 0.358 e. The fourth-order valence-corrected chi connectivity index (χ4v) is 1.54. The maximum Gasteiger partial charge on any atom is 2.00 e. The molecule has 2 aromatic rings. The first-order chi connectivity index (χ1) is 8.84. The van der Waals surface area contributed by atoms with Crippen molar-refractivity contribution in [3.8, 4) is 0 Å². The average Bonchev–Trinajstić information content (AvgIpc) is 2.45. The van der Waals surface area contributed by atoms with Crippen LogP contribution < -0.4 is 0 Å². The van der Waals surface area contributed by atoms with Crippen molar-refractivity contribution in [2.45, 2.75) is 0 Å². The van der Waals surface area contributed by atoms with E-state index in [1.54, 1.807) is 12.2 Å². The molecule has 0 heterocycles. The Bertz CT molecular complexity index is 505. The second kappa shape index (κ2) is 12.0. The molecule has 0 atom stereocenters. The van der Waals surface area contributed by atoms with Gasteiger partial charge in [-0.25, -0.2) is 0 Å². The molecule has 0 spiro atoms. The van der Waals surface area contributed by atoms with Crippen molar-refractivity contribution in [3.63, 3.8) is 0 Å². The summed E-state index contributed by atoms with van der Waals surface area (Å²) in [6.07, 6.45) is 6.79. The Morgan fingerprint density at radius 3 is 1.33 bits per heavy atom. The summed E-state index contributed by atoms with van der Waals surface area (Å²) in [5.74, 6) is -0.0114. The molecule has 0 bridgehead atoms. The van der Waals surface area contributed by atoms with Crippen molar-refractivity contribution in [1.29, 1.82) is 0 Å². The molecule has 0 saturated heterocycles. The number of carbonyl (C=O) groups excluding carboxylic acids is 1. The number of rotatable bonds is 4. The predicted molar refractivity (Wildman–Crippen MR) is 88.8 cm³/mol. The average molecular weight is 371 g/mol. The van der Waals surface area contributed by atoms with Crippen LogP contribution in [0, 0.1) is 14.9 Å². The quantitative estimate of drug-likeness (QED) is 0.426. The van der Waals surface area contributed by atoms with Crippen molar-refractivity contribution in [3.05, 3.63) is 98.8 Å². The molecule has 1 nitrogen and oxygen atoms in total. The Kier molecular flexibility index (Phi) is 12.3. The molecule has 2 heteroatoms. The van der Waals surface area contributed by atoms with Gasteiger partial charge in [0.15, 0.2) is 5.78 Å². The van der Waals surface area contributed by atoms with Gasteiger partial charge in [-0.15, -0.1) is 0 Å². The Morgan fingerprint density at radius 2 is 1.00 bits per heavy atom. The first-order valence-electron chi connectivity index (χ1n) is 5.85. The normalized spacial score (nSPS) is 9.52. The van der Waals surface area contributed by atoms with Crippen LogP contribution in [-0.4, -0.2) is 5.78 Å². The summed E-state index contributed by atoms with van der Waals surface area (Å²) in [6, 6.07) is 19.6. The number of carbonyl (C=O) groups is 1. The Labute approximate surface area is 142 Å². The summed E-state index contributed by atoms with van der Waals surface area (Å²) >= 11 is 0. The van der Waals surface area contributed by atoms with Gasteiger partial charge in [0.25, 0.3) is 0 Å². The van der Waals surface area contributed by atoms with Gasteiger partial charge in [0.1, 0.15) is 0 Å². The minimum absolute atomic E-state index is 0. The van der Waals surface area contributed by atoms with E-state index in [9.17, 15) is 4.79 Å². The molecule has 0 saturated carbocycles. The van der Waals surface area contributed by atoms with Crippen molar-refractivity contribution in [2.75, 3.05) is 0 Å². The van der Waals surface area contributed by atoms with Gasteiger partial charge in [0.05, 0.1) is 0 Å². The van der Waals surface area contributed by atoms with Gasteiger partial charge in [0, 0.05) is 0 Å². The zero-order valence-corrected chi connectivity index (χ0v) is 13.9. The fourth-order valence-electron chi connectivity index (χ4n) is 1.54. The molecule has 0 aliphatic heterocycles. The van der Waals surface area contributed by atoms with Crippen LogP contribution in [0.2, 0.25) is 0 Å². The molecule has 0 aliphatic carbocycles. The van der Waals surface area contributed by atoms with Crippen LogP contribution in [-0.2, 0) is 25.2 Å².